The highest BCUT2D eigenvalue weighted by Crippen LogP contribution is 2.30. The van der Waals surface area contributed by atoms with Gasteiger partial charge in [0.25, 0.3) is 0 Å². The monoisotopic (exact) mass is 317 g/mol. The Morgan fingerprint density at radius 1 is 1.05 bits per heavy atom. The van der Waals surface area contributed by atoms with Crippen molar-refractivity contribution in [3.63, 3.8) is 0 Å². The van der Waals surface area contributed by atoms with Gasteiger partial charge in [-0.15, -0.1) is 21.8 Å². The molecular formula is C13H14Cl3N3. The minimum absolute atomic E-state index is 0.183. The summed E-state index contributed by atoms with van der Waals surface area (Å²) in [5, 5.41) is 9.48. The van der Waals surface area contributed by atoms with E-state index in [9.17, 15) is 0 Å². The standard InChI is InChI=1S/C13H14Cl3N3/c1-13(2,3)19-11(7-14)17-18-12(19)8-4-9(15)6-10(16)5-8/h4-6H,7H2,1-3H3. The van der Waals surface area contributed by atoms with Crippen LogP contribution >= 0.6 is 34.8 Å². The lowest BCUT2D eigenvalue weighted by Crippen LogP contribution is -2.24. The van der Waals surface area contributed by atoms with Gasteiger partial charge < -0.3 is 4.57 Å². The molecule has 0 aliphatic rings. The summed E-state index contributed by atoms with van der Waals surface area (Å²) in [6, 6.07) is 5.32. The molecule has 1 aromatic carbocycles. The molecule has 0 N–H and O–H groups in total. The second-order valence-corrected chi connectivity index (χ2v) is 6.38. The van der Waals surface area contributed by atoms with E-state index in [1.807, 2.05) is 16.7 Å². The van der Waals surface area contributed by atoms with Crippen molar-refractivity contribution in [2.24, 2.45) is 0 Å². The summed E-state index contributed by atoms with van der Waals surface area (Å²) in [6.45, 7) is 6.21. The number of aromatic nitrogens is 3. The van der Waals surface area contributed by atoms with Crippen LogP contribution < -0.4 is 0 Å². The maximum Gasteiger partial charge on any atom is 0.164 e. The molecule has 6 heteroatoms. The molecule has 0 saturated heterocycles. The molecule has 0 unspecified atom stereocenters. The maximum atomic E-state index is 6.04. The molecule has 0 spiro atoms. The highest BCUT2D eigenvalue weighted by molar-refractivity contribution is 6.35. The van der Waals surface area contributed by atoms with Crippen molar-refractivity contribution in [1.82, 2.24) is 14.8 Å². The Hall–Kier alpha value is -0.770. The summed E-state index contributed by atoms with van der Waals surface area (Å²) >= 11 is 18.0. The molecule has 0 amide bonds. The lowest BCUT2D eigenvalue weighted by Gasteiger charge is -2.24. The Balaban J connectivity index is 2.66. The molecule has 1 aromatic heterocycles. The Morgan fingerprint density at radius 3 is 2.11 bits per heavy atom. The van der Waals surface area contributed by atoms with Gasteiger partial charge in [0.2, 0.25) is 0 Å². The van der Waals surface area contributed by atoms with Crippen LogP contribution in [0.5, 0.6) is 0 Å². The van der Waals surface area contributed by atoms with E-state index in [4.69, 9.17) is 34.8 Å². The van der Waals surface area contributed by atoms with E-state index in [0.717, 1.165) is 11.4 Å². The molecule has 0 fully saturated rings. The zero-order valence-electron chi connectivity index (χ0n) is 10.9. The molecule has 0 aliphatic heterocycles. The van der Waals surface area contributed by atoms with E-state index in [0.29, 0.717) is 21.7 Å². The molecule has 0 radical (unpaired) electrons. The van der Waals surface area contributed by atoms with Gasteiger partial charge in [0.05, 0.1) is 5.88 Å². The van der Waals surface area contributed by atoms with Crippen molar-refractivity contribution < 1.29 is 0 Å². The van der Waals surface area contributed by atoms with E-state index in [-0.39, 0.29) is 5.54 Å². The first-order valence-electron chi connectivity index (χ1n) is 5.80. The fourth-order valence-corrected chi connectivity index (χ4v) is 2.68. The molecular weight excluding hydrogens is 305 g/mol. The molecule has 102 valence electrons. The average molecular weight is 319 g/mol. The second kappa shape index (κ2) is 5.31. The lowest BCUT2D eigenvalue weighted by molar-refractivity contribution is 0.390. The summed E-state index contributed by atoms with van der Waals surface area (Å²) in [5.74, 6) is 1.74. The molecule has 0 atom stereocenters. The molecule has 2 aromatic rings. The smallest absolute Gasteiger partial charge is 0.164 e. The van der Waals surface area contributed by atoms with Crippen molar-refractivity contribution in [3.05, 3.63) is 34.1 Å². The molecule has 19 heavy (non-hydrogen) atoms. The minimum Gasteiger partial charge on any atom is -0.305 e. The lowest BCUT2D eigenvalue weighted by atomic mass is 10.1. The number of hydrogen-bond acceptors (Lipinski definition) is 2. The van der Waals surface area contributed by atoms with E-state index in [1.165, 1.54) is 0 Å². The first kappa shape index (κ1) is 14.6. The van der Waals surface area contributed by atoms with E-state index in [2.05, 4.69) is 31.0 Å². The van der Waals surface area contributed by atoms with Crippen LogP contribution in [0.3, 0.4) is 0 Å². The minimum atomic E-state index is -0.183. The van der Waals surface area contributed by atoms with Crippen LogP contribution in [0.25, 0.3) is 11.4 Å². The second-order valence-electron chi connectivity index (χ2n) is 5.24. The summed E-state index contributed by atoms with van der Waals surface area (Å²) in [5.41, 5.74) is 0.647. The van der Waals surface area contributed by atoms with Gasteiger partial charge in [0.15, 0.2) is 5.82 Å². The maximum absolute atomic E-state index is 6.04. The van der Waals surface area contributed by atoms with Crippen molar-refractivity contribution in [2.45, 2.75) is 32.2 Å². The number of halogens is 3. The summed E-state index contributed by atoms with van der Waals surface area (Å²) in [6.07, 6.45) is 0. The topological polar surface area (TPSA) is 30.7 Å². The van der Waals surface area contributed by atoms with Gasteiger partial charge in [-0.1, -0.05) is 23.2 Å². The van der Waals surface area contributed by atoms with Gasteiger partial charge in [0.1, 0.15) is 5.82 Å². The third-order valence-electron chi connectivity index (χ3n) is 2.64. The first-order chi connectivity index (χ1) is 8.82. The van der Waals surface area contributed by atoms with Crippen molar-refractivity contribution in [1.29, 1.82) is 0 Å². The molecule has 2 rings (SSSR count). The van der Waals surface area contributed by atoms with Crippen LogP contribution in [0.4, 0.5) is 0 Å². The van der Waals surface area contributed by atoms with Gasteiger partial charge in [0, 0.05) is 21.1 Å². The van der Waals surface area contributed by atoms with Crippen LogP contribution in [-0.2, 0) is 11.4 Å². The largest absolute Gasteiger partial charge is 0.305 e. The molecule has 1 heterocycles. The number of nitrogens with zero attached hydrogens (tertiary/aromatic N) is 3. The van der Waals surface area contributed by atoms with E-state index < -0.39 is 0 Å². The van der Waals surface area contributed by atoms with Gasteiger partial charge in [-0.2, -0.15) is 0 Å². The Bertz CT molecular complexity index is 579. The summed E-state index contributed by atoms with van der Waals surface area (Å²) in [4.78, 5) is 0. The number of benzene rings is 1. The normalized spacial score (nSPS) is 11.9. The Labute approximate surface area is 127 Å². The van der Waals surface area contributed by atoms with Crippen LogP contribution in [0.1, 0.15) is 26.6 Å². The zero-order valence-corrected chi connectivity index (χ0v) is 13.2. The van der Waals surface area contributed by atoms with E-state index in [1.54, 1.807) is 6.07 Å². The predicted octanol–water partition coefficient (Wildman–Crippen LogP) is 4.75. The van der Waals surface area contributed by atoms with Crippen molar-refractivity contribution >= 4 is 34.8 Å². The molecule has 3 nitrogen and oxygen atoms in total. The number of rotatable bonds is 2. The van der Waals surface area contributed by atoms with Gasteiger partial charge in [-0.05, 0) is 39.0 Å². The zero-order chi connectivity index (χ0) is 14.2. The molecule has 0 aliphatic carbocycles. The van der Waals surface area contributed by atoms with Crippen LogP contribution in [-0.4, -0.2) is 14.8 Å². The Kier molecular flexibility index (Phi) is 4.09. The van der Waals surface area contributed by atoms with Crippen molar-refractivity contribution in [2.75, 3.05) is 0 Å². The molecule has 0 bridgehead atoms. The third-order valence-corrected chi connectivity index (χ3v) is 3.32. The SMILES string of the molecule is CC(C)(C)n1c(CCl)nnc1-c1cc(Cl)cc(Cl)c1. The number of alkyl halides is 1. The van der Waals surface area contributed by atoms with Crippen LogP contribution in [0.15, 0.2) is 18.2 Å². The average Bonchev–Trinajstić information content (AvgIpc) is 2.70. The van der Waals surface area contributed by atoms with E-state index >= 15 is 0 Å². The van der Waals surface area contributed by atoms with Gasteiger partial charge >= 0.3 is 0 Å². The summed E-state index contributed by atoms with van der Waals surface area (Å²) in [7, 11) is 0. The first-order valence-corrected chi connectivity index (χ1v) is 7.09. The summed E-state index contributed by atoms with van der Waals surface area (Å²) < 4.78 is 2.00. The highest BCUT2D eigenvalue weighted by Gasteiger charge is 2.23. The van der Waals surface area contributed by atoms with Crippen molar-refractivity contribution in [3.8, 4) is 11.4 Å². The quantitative estimate of drug-likeness (QED) is 0.748. The highest BCUT2D eigenvalue weighted by atomic mass is 35.5. The predicted molar refractivity (Wildman–Crippen MR) is 80.0 cm³/mol. The fourth-order valence-electron chi connectivity index (χ4n) is 1.98. The molecule has 0 saturated carbocycles. The van der Waals surface area contributed by atoms with Gasteiger partial charge in [-0.25, -0.2) is 0 Å². The van der Waals surface area contributed by atoms with Crippen LogP contribution in [0, 0.1) is 0 Å². The fraction of sp³-hybridized carbons (Fsp3) is 0.385. The van der Waals surface area contributed by atoms with Crippen LogP contribution in [0.2, 0.25) is 10.0 Å². The Morgan fingerprint density at radius 2 is 1.63 bits per heavy atom. The number of hydrogen-bond donors (Lipinski definition) is 0. The van der Waals surface area contributed by atoms with Gasteiger partial charge in [-0.3, -0.25) is 0 Å². The third kappa shape index (κ3) is 3.04.